The fourth-order valence-corrected chi connectivity index (χ4v) is 2.25. The summed E-state index contributed by atoms with van der Waals surface area (Å²) in [7, 11) is 0. The predicted molar refractivity (Wildman–Crippen MR) is 90.5 cm³/mol. The van der Waals surface area contributed by atoms with Gasteiger partial charge >= 0.3 is 0 Å². The van der Waals surface area contributed by atoms with Crippen molar-refractivity contribution in [3.8, 4) is 23.2 Å². The van der Waals surface area contributed by atoms with Gasteiger partial charge in [-0.25, -0.2) is 0 Å². The third kappa shape index (κ3) is 4.62. The van der Waals surface area contributed by atoms with E-state index in [2.05, 4.69) is 21.5 Å². The third-order valence-corrected chi connectivity index (χ3v) is 3.51. The van der Waals surface area contributed by atoms with E-state index in [1.165, 1.54) is 4.80 Å². The summed E-state index contributed by atoms with van der Waals surface area (Å²) in [5.41, 5.74) is 1.80. The highest BCUT2D eigenvalue weighted by atomic mass is 16.5. The Morgan fingerprint density at radius 3 is 2.60 bits per heavy atom. The number of aromatic nitrogens is 4. The molecule has 0 aliphatic rings. The van der Waals surface area contributed by atoms with Crippen LogP contribution in [0.15, 0.2) is 54.6 Å². The molecule has 0 bridgehead atoms. The van der Waals surface area contributed by atoms with Crippen LogP contribution in [-0.4, -0.2) is 38.0 Å². The molecule has 25 heavy (non-hydrogen) atoms. The van der Waals surface area contributed by atoms with Crippen LogP contribution < -0.4 is 4.74 Å². The monoisotopic (exact) mass is 335 g/mol. The first-order valence-corrected chi connectivity index (χ1v) is 7.84. The molecule has 3 aromatic rings. The smallest absolute Gasteiger partial charge is 0.204 e. The van der Waals surface area contributed by atoms with E-state index >= 15 is 0 Å². The van der Waals surface area contributed by atoms with Gasteiger partial charge in [0.15, 0.2) is 0 Å². The zero-order chi connectivity index (χ0) is 17.5. The highest BCUT2D eigenvalue weighted by Crippen LogP contribution is 2.14. The van der Waals surface area contributed by atoms with Crippen molar-refractivity contribution in [3.63, 3.8) is 0 Å². The highest BCUT2D eigenvalue weighted by Gasteiger charge is 2.11. The molecule has 1 N–H and O–H groups in total. The van der Waals surface area contributed by atoms with Crippen molar-refractivity contribution in [2.45, 2.75) is 19.1 Å². The zero-order valence-corrected chi connectivity index (χ0v) is 13.5. The number of hydrogen-bond donors (Lipinski definition) is 1. The molecule has 1 unspecified atom stereocenters. The van der Waals surface area contributed by atoms with Gasteiger partial charge < -0.3 is 9.84 Å². The van der Waals surface area contributed by atoms with Crippen LogP contribution in [0.5, 0.6) is 5.75 Å². The van der Waals surface area contributed by atoms with Crippen LogP contribution in [0.25, 0.3) is 11.4 Å². The summed E-state index contributed by atoms with van der Waals surface area (Å²) in [6.07, 6.45) is -0.401. The molecule has 3 rings (SSSR count). The van der Waals surface area contributed by atoms with Crippen molar-refractivity contribution in [2.24, 2.45) is 0 Å². The predicted octanol–water partition coefficient (Wildman–Crippen LogP) is 1.85. The number of nitriles is 1. The quantitative estimate of drug-likeness (QED) is 0.708. The number of aliphatic hydroxyl groups is 1. The molecule has 0 fully saturated rings. The summed E-state index contributed by atoms with van der Waals surface area (Å²) in [6.45, 7) is 0.298. The van der Waals surface area contributed by atoms with E-state index in [1.807, 2.05) is 42.5 Å². The minimum atomic E-state index is -0.767. The molecule has 126 valence electrons. The van der Waals surface area contributed by atoms with E-state index < -0.39 is 6.10 Å². The fraction of sp³-hybridized carbons (Fsp3) is 0.222. The van der Waals surface area contributed by atoms with Crippen LogP contribution in [0.1, 0.15) is 5.56 Å². The molecule has 1 heterocycles. The second-order valence-corrected chi connectivity index (χ2v) is 5.48. The third-order valence-electron chi connectivity index (χ3n) is 3.51. The van der Waals surface area contributed by atoms with Gasteiger partial charge in [-0.3, -0.25) is 0 Å². The minimum absolute atomic E-state index is 0.111. The van der Waals surface area contributed by atoms with Crippen LogP contribution in [0, 0.1) is 11.3 Å². The van der Waals surface area contributed by atoms with E-state index in [-0.39, 0.29) is 13.2 Å². The Hall–Kier alpha value is -3.24. The van der Waals surface area contributed by atoms with Gasteiger partial charge in [0, 0.05) is 5.56 Å². The highest BCUT2D eigenvalue weighted by molar-refractivity contribution is 5.52. The standard InChI is InChI=1S/C18H17N5O2/c19-11-10-14-6-8-17(9-7-14)25-13-16(24)12-23-21-18(20-22-23)15-4-2-1-3-5-15/h1-9,16,24H,10,12-13H2. The van der Waals surface area contributed by atoms with Gasteiger partial charge in [-0.1, -0.05) is 42.5 Å². The zero-order valence-electron chi connectivity index (χ0n) is 13.5. The molecule has 0 radical (unpaired) electrons. The van der Waals surface area contributed by atoms with Crippen LogP contribution >= 0.6 is 0 Å². The van der Waals surface area contributed by atoms with E-state index in [0.717, 1.165) is 11.1 Å². The van der Waals surface area contributed by atoms with E-state index in [4.69, 9.17) is 10.00 Å². The normalized spacial score (nSPS) is 11.7. The molecule has 1 aromatic heterocycles. The second kappa shape index (κ2) is 8.04. The number of tetrazole rings is 1. The number of nitrogens with zero attached hydrogens (tertiary/aromatic N) is 5. The molecular weight excluding hydrogens is 318 g/mol. The first-order chi connectivity index (χ1) is 12.2. The van der Waals surface area contributed by atoms with Gasteiger partial charge in [0.05, 0.1) is 19.0 Å². The molecule has 0 amide bonds. The summed E-state index contributed by atoms with van der Waals surface area (Å²) in [4.78, 5) is 1.35. The van der Waals surface area contributed by atoms with Crippen molar-refractivity contribution < 1.29 is 9.84 Å². The van der Waals surface area contributed by atoms with Crippen LogP contribution in [0.4, 0.5) is 0 Å². The van der Waals surface area contributed by atoms with Crippen LogP contribution in [0.3, 0.4) is 0 Å². The minimum Gasteiger partial charge on any atom is -0.491 e. The second-order valence-electron chi connectivity index (χ2n) is 5.48. The summed E-state index contributed by atoms with van der Waals surface area (Å²) in [5.74, 6) is 1.15. The number of benzene rings is 2. The summed E-state index contributed by atoms with van der Waals surface area (Å²) in [5, 5.41) is 30.9. The molecule has 1 atom stereocenters. The van der Waals surface area contributed by atoms with Gasteiger partial charge in [-0.05, 0) is 22.9 Å². The molecule has 2 aromatic carbocycles. The molecule has 0 spiro atoms. The van der Waals surface area contributed by atoms with Crippen molar-refractivity contribution in [3.05, 3.63) is 60.2 Å². The first-order valence-electron chi connectivity index (χ1n) is 7.84. The maximum absolute atomic E-state index is 10.1. The topological polar surface area (TPSA) is 96.8 Å². The molecule has 0 saturated heterocycles. The van der Waals surface area contributed by atoms with Gasteiger partial charge in [0.25, 0.3) is 0 Å². The van der Waals surface area contributed by atoms with Crippen LogP contribution in [-0.2, 0) is 13.0 Å². The lowest BCUT2D eigenvalue weighted by atomic mass is 10.2. The Bertz CT molecular complexity index is 840. The Balaban J connectivity index is 1.52. The SMILES string of the molecule is N#CCc1ccc(OCC(O)Cn2nnc(-c3ccccc3)n2)cc1. The Morgan fingerprint density at radius 1 is 1.12 bits per heavy atom. The Morgan fingerprint density at radius 2 is 1.88 bits per heavy atom. The summed E-state index contributed by atoms with van der Waals surface area (Å²) in [6, 6.07) is 18.8. The average molecular weight is 335 g/mol. The van der Waals surface area contributed by atoms with E-state index in [1.54, 1.807) is 12.1 Å². The van der Waals surface area contributed by atoms with Crippen molar-refractivity contribution >= 4 is 0 Å². The van der Waals surface area contributed by atoms with Gasteiger partial charge in [0.2, 0.25) is 5.82 Å². The molecule has 0 aliphatic carbocycles. The lowest BCUT2D eigenvalue weighted by Gasteiger charge is -2.11. The Labute approximate surface area is 145 Å². The maximum atomic E-state index is 10.1. The van der Waals surface area contributed by atoms with Crippen LogP contribution in [0.2, 0.25) is 0 Å². The first kappa shape index (κ1) is 16.6. The van der Waals surface area contributed by atoms with E-state index in [0.29, 0.717) is 18.0 Å². The molecular formula is C18H17N5O2. The lowest BCUT2D eigenvalue weighted by molar-refractivity contribution is 0.0850. The van der Waals surface area contributed by atoms with Crippen molar-refractivity contribution in [2.75, 3.05) is 6.61 Å². The van der Waals surface area contributed by atoms with Gasteiger partial charge in [-0.2, -0.15) is 10.1 Å². The molecule has 0 saturated carbocycles. The maximum Gasteiger partial charge on any atom is 0.204 e. The number of aliphatic hydroxyl groups excluding tert-OH is 1. The average Bonchev–Trinajstić information content (AvgIpc) is 3.11. The van der Waals surface area contributed by atoms with E-state index in [9.17, 15) is 5.11 Å². The summed E-state index contributed by atoms with van der Waals surface area (Å²) >= 11 is 0. The number of rotatable bonds is 7. The number of ether oxygens (including phenoxy) is 1. The molecule has 7 nitrogen and oxygen atoms in total. The largest absolute Gasteiger partial charge is 0.491 e. The summed E-state index contributed by atoms with van der Waals surface area (Å²) < 4.78 is 5.54. The van der Waals surface area contributed by atoms with Gasteiger partial charge in [0.1, 0.15) is 18.5 Å². The fourth-order valence-electron chi connectivity index (χ4n) is 2.25. The lowest BCUT2D eigenvalue weighted by Crippen LogP contribution is -2.25. The van der Waals surface area contributed by atoms with Gasteiger partial charge in [-0.15, -0.1) is 10.2 Å². The number of hydrogen-bond acceptors (Lipinski definition) is 6. The van der Waals surface area contributed by atoms with Crippen molar-refractivity contribution in [1.82, 2.24) is 20.2 Å². The molecule has 0 aliphatic heterocycles. The Kier molecular flexibility index (Phi) is 5.34. The molecule has 7 heteroatoms. The van der Waals surface area contributed by atoms with Crippen molar-refractivity contribution in [1.29, 1.82) is 5.26 Å².